The van der Waals surface area contributed by atoms with Crippen LogP contribution in [0.5, 0.6) is 0 Å². The molecular weight excluding hydrogens is 325 g/mol. The van der Waals surface area contributed by atoms with E-state index in [0.717, 1.165) is 6.26 Å². The van der Waals surface area contributed by atoms with E-state index in [4.69, 9.17) is 0 Å². The third-order valence-electron chi connectivity index (χ3n) is 2.54. The second-order valence-electron chi connectivity index (χ2n) is 4.04. The van der Waals surface area contributed by atoms with Crippen molar-refractivity contribution in [3.8, 4) is 0 Å². The Kier molecular flexibility index (Phi) is 4.50. The van der Waals surface area contributed by atoms with Gasteiger partial charge >= 0.3 is 0 Å². The van der Waals surface area contributed by atoms with Gasteiger partial charge in [0.1, 0.15) is 11.1 Å². The van der Waals surface area contributed by atoms with Crippen LogP contribution in [0.1, 0.15) is 12.5 Å². The summed E-state index contributed by atoms with van der Waals surface area (Å²) >= 11 is 3.00. The molecule has 4 nitrogen and oxygen atoms in total. The van der Waals surface area contributed by atoms with Crippen molar-refractivity contribution < 1.29 is 17.6 Å². The van der Waals surface area contributed by atoms with Gasteiger partial charge in [-0.25, -0.2) is 12.8 Å². The molecule has 0 aromatic heterocycles. The smallest absolute Gasteiger partial charge is 0.242 e. The van der Waals surface area contributed by atoms with Gasteiger partial charge in [-0.3, -0.25) is 4.79 Å². The average molecular weight is 338 g/mol. The van der Waals surface area contributed by atoms with Gasteiger partial charge in [0.15, 0.2) is 9.84 Å². The summed E-state index contributed by atoms with van der Waals surface area (Å²) in [6.07, 6.45) is 0.991. The highest BCUT2D eigenvalue weighted by Gasteiger charge is 2.24. The Morgan fingerprint density at radius 3 is 2.50 bits per heavy atom. The Morgan fingerprint density at radius 2 is 2.00 bits per heavy atom. The zero-order chi connectivity index (χ0) is 14.1. The molecule has 0 fully saturated rings. The van der Waals surface area contributed by atoms with Gasteiger partial charge in [0, 0.05) is 11.9 Å². The molecule has 18 heavy (non-hydrogen) atoms. The quantitative estimate of drug-likeness (QED) is 0.920. The summed E-state index contributed by atoms with van der Waals surface area (Å²) in [6, 6.07) is 2.66. The van der Waals surface area contributed by atoms with Crippen molar-refractivity contribution in [2.45, 2.75) is 19.1 Å². The molecule has 1 rings (SSSR count). The molecule has 1 aromatic carbocycles. The Hall–Kier alpha value is -0.950. The number of aryl methyl sites for hydroxylation is 1. The summed E-state index contributed by atoms with van der Waals surface area (Å²) in [5, 5.41) is 1.32. The fraction of sp³-hybridized carbons (Fsp3) is 0.364. The third kappa shape index (κ3) is 3.52. The lowest BCUT2D eigenvalue weighted by molar-refractivity contribution is -0.115. The first-order valence-corrected chi connectivity index (χ1v) is 7.83. The Bertz CT molecular complexity index is 586. The number of hydrogen-bond acceptors (Lipinski definition) is 3. The van der Waals surface area contributed by atoms with Crippen LogP contribution >= 0.6 is 15.9 Å². The van der Waals surface area contributed by atoms with Crippen molar-refractivity contribution in [3.63, 3.8) is 0 Å². The van der Waals surface area contributed by atoms with Crippen LogP contribution in [0.2, 0.25) is 0 Å². The van der Waals surface area contributed by atoms with Crippen molar-refractivity contribution in [3.05, 3.63) is 28.0 Å². The molecule has 100 valence electrons. The monoisotopic (exact) mass is 337 g/mol. The van der Waals surface area contributed by atoms with Crippen LogP contribution in [0.3, 0.4) is 0 Å². The van der Waals surface area contributed by atoms with Crippen molar-refractivity contribution in [1.29, 1.82) is 0 Å². The maximum Gasteiger partial charge on any atom is 0.242 e. The highest BCUT2D eigenvalue weighted by atomic mass is 79.9. The maximum absolute atomic E-state index is 13.2. The SMILES string of the molecule is Cc1cc(F)c(Br)cc1NC(=O)[C@H](C)S(C)(=O)=O. The molecule has 0 aliphatic heterocycles. The third-order valence-corrected chi connectivity index (χ3v) is 4.64. The Balaban J connectivity index is 2.99. The standard InChI is InChI=1S/C11H13BrFNO3S/c1-6-4-9(13)8(12)5-10(6)14-11(15)7(2)18(3,16)17/h4-5,7H,1-3H3,(H,14,15)/t7-/m0/s1. The lowest BCUT2D eigenvalue weighted by Crippen LogP contribution is -2.32. The maximum atomic E-state index is 13.2. The summed E-state index contributed by atoms with van der Waals surface area (Å²) in [4.78, 5) is 11.7. The number of carbonyl (C=O) groups is 1. The predicted molar refractivity (Wildman–Crippen MR) is 71.8 cm³/mol. The first kappa shape index (κ1) is 15.1. The number of sulfone groups is 1. The van der Waals surface area contributed by atoms with E-state index in [1.165, 1.54) is 19.1 Å². The van der Waals surface area contributed by atoms with Crippen molar-refractivity contribution >= 4 is 37.4 Å². The van der Waals surface area contributed by atoms with E-state index >= 15 is 0 Å². The van der Waals surface area contributed by atoms with Crippen molar-refractivity contribution in [2.24, 2.45) is 0 Å². The molecule has 0 aliphatic carbocycles. The lowest BCUT2D eigenvalue weighted by Gasteiger charge is -2.13. The van der Waals surface area contributed by atoms with Crippen LogP contribution < -0.4 is 5.32 Å². The number of benzene rings is 1. The molecule has 7 heteroatoms. The van der Waals surface area contributed by atoms with Crippen LogP contribution in [-0.2, 0) is 14.6 Å². The van der Waals surface area contributed by atoms with Crippen molar-refractivity contribution in [1.82, 2.24) is 0 Å². The number of anilines is 1. The minimum Gasteiger partial charge on any atom is -0.325 e. The number of halogens is 2. The molecule has 1 atom stereocenters. The number of nitrogens with one attached hydrogen (secondary N) is 1. The van der Waals surface area contributed by atoms with E-state index in [1.807, 2.05) is 0 Å². The van der Waals surface area contributed by atoms with Gasteiger partial charge in [0.25, 0.3) is 0 Å². The first-order valence-electron chi connectivity index (χ1n) is 5.08. The molecule has 0 unspecified atom stereocenters. The highest BCUT2D eigenvalue weighted by molar-refractivity contribution is 9.10. The molecule has 0 saturated carbocycles. The van der Waals surface area contributed by atoms with Crippen LogP contribution in [0, 0.1) is 12.7 Å². The lowest BCUT2D eigenvalue weighted by atomic mass is 10.2. The number of rotatable bonds is 3. The van der Waals surface area contributed by atoms with E-state index in [1.54, 1.807) is 6.92 Å². The summed E-state index contributed by atoms with van der Waals surface area (Å²) in [7, 11) is -3.45. The van der Waals surface area contributed by atoms with E-state index in [-0.39, 0.29) is 4.47 Å². The molecule has 0 saturated heterocycles. The largest absolute Gasteiger partial charge is 0.325 e. The van der Waals surface area contributed by atoms with Crippen LogP contribution in [-0.4, -0.2) is 25.8 Å². The van der Waals surface area contributed by atoms with Crippen LogP contribution in [0.4, 0.5) is 10.1 Å². The zero-order valence-electron chi connectivity index (χ0n) is 10.1. The molecule has 1 N–H and O–H groups in total. The normalized spacial score (nSPS) is 13.2. The van der Waals surface area contributed by atoms with Gasteiger partial charge in [0.2, 0.25) is 5.91 Å². The second-order valence-corrected chi connectivity index (χ2v) is 7.26. The van der Waals surface area contributed by atoms with E-state index in [9.17, 15) is 17.6 Å². The molecule has 0 radical (unpaired) electrons. The van der Waals surface area contributed by atoms with Gasteiger partial charge in [-0.05, 0) is 47.5 Å². The molecular formula is C11H13BrFNO3S. The summed E-state index contributed by atoms with van der Waals surface area (Å²) in [5.41, 5.74) is 0.897. The molecule has 1 aromatic rings. The minimum absolute atomic E-state index is 0.204. The van der Waals surface area contributed by atoms with Gasteiger partial charge in [-0.1, -0.05) is 0 Å². The fourth-order valence-corrected chi connectivity index (χ4v) is 2.00. The minimum atomic E-state index is -3.45. The molecule has 0 aliphatic rings. The fourth-order valence-electron chi connectivity index (χ4n) is 1.21. The Labute approximate surface area is 114 Å². The molecule has 1 amide bonds. The zero-order valence-corrected chi connectivity index (χ0v) is 12.5. The van der Waals surface area contributed by atoms with E-state index < -0.39 is 26.8 Å². The number of hydrogen-bond donors (Lipinski definition) is 1. The first-order chi connectivity index (χ1) is 8.12. The summed E-state index contributed by atoms with van der Waals surface area (Å²) in [6.45, 7) is 2.93. The van der Waals surface area contributed by atoms with Crippen LogP contribution in [0.25, 0.3) is 0 Å². The van der Waals surface area contributed by atoms with Crippen molar-refractivity contribution in [2.75, 3.05) is 11.6 Å². The van der Waals surface area contributed by atoms with Crippen LogP contribution in [0.15, 0.2) is 16.6 Å². The van der Waals surface area contributed by atoms with Gasteiger partial charge in [0.05, 0.1) is 4.47 Å². The topological polar surface area (TPSA) is 63.2 Å². The highest BCUT2D eigenvalue weighted by Crippen LogP contribution is 2.24. The summed E-state index contributed by atoms with van der Waals surface area (Å²) in [5.74, 6) is -1.08. The summed E-state index contributed by atoms with van der Waals surface area (Å²) < 4.78 is 35.9. The molecule has 0 bridgehead atoms. The number of amides is 1. The van der Waals surface area contributed by atoms with Gasteiger partial charge < -0.3 is 5.32 Å². The van der Waals surface area contributed by atoms with Gasteiger partial charge in [-0.15, -0.1) is 0 Å². The van der Waals surface area contributed by atoms with E-state index in [0.29, 0.717) is 11.3 Å². The second kappa shape index (κ2) is 5.36. The Morgan fingerprint density at radius 1 is 1.44 bits per heavy atom. The van der Waals surface area contributed by atoms with Gasteiger partial charge in [-0.2, -0.15) is 0 Å². The molecule has 0 heterocycles. The molecule has 0 spiro atoms. The predicted octanol–water partition coefficient (Wildman–Crippen LogP) is 2.27. The number of carbonyl (C=O) groups excluding carboxylic acids is 1. The van der Waals surface area contributed by atoms with E-state index in [2.05, 4.69) is 21.2 Å². The average Bonchev–Trinajstić information content (AvgIpc) is 2.23.